The smallest absolute Gasteiger partial charge is 0.247 e. The summed E-state index contributed by atoms with van der Waals surface area (Å²) in [6, 6.07) is 22.6. The van der Waals surface area contributed by atoms with Crippen molar-refractivity contribution in [3.63, 3.8) is 0 Å². The van der Waals surface area contributed by atoms with Gasteiger partial charge in [-0.05, 0) is 117 Å². The van der Waals surface area contributed by atoms with Crippen LogP contribution in [0.3, 0.4) is 0 Å². The average molecular weight is 1030 g/mol. The van der Waals surface area contributed by atoms with E-state index in [1.807, 2.05) is 92.1 Å². The minimum absolute atomic E-state index is 0.0686. The number of nitrogens with zero attached hydrogens (tertiary/aromatic N) is 5. The molecule has 16 heteroatoms. The molecule has 2 N–H and O–H groups in total. The van der Waals surface area contributed by atoms with Gasteiger partial charge in [-0.2, -0.15) is 0 Å². The first-order valence-electron chi connectivity index (χ1n) is 24.5. The van der Waals surface area contributed by atoms with Crippen LogP contribution in [-0.4, -0.2) is 143 Å². The van der Waals surface area contributed by atoms with Crippen LogP contribution in [0.4, 0.5) is 5.69 Å². The second-order valence-electron chi connectivity index (χ2n) is 17.1. The van der Waals surface area contributed by atoms with Crippen LogP contribution in [0.15, 0.2) is 120 Å². The number of hydrogen-bond donors (Lipinski definition) is 2. The second-order valence-corrected chi connectivity index (χ2v) is 18.1. The van der Waals surface area contributed by atoms with Crippen LogP contribution in [-0.2, 0) is 47.9 Å². The highest BCUT2D eigenvalue weighted by molar-refractivity contribution is 9.10. The number of carbonyl (C=O) groups excluding carboxylic acids is 2. The van der Waals surface area contributed by atoms with Crippen LogP contribution in [0.2, 0.25) is 0 Å². The molecule has 3 aromatic carbocycles. The molecule has 1 aliphatic rings. The fourth-order valence-electron chi connectivity index (χ4n) is 7.72. The molecule has 1 aromatic heterocycles. The molecule has 0 saturated carbocycles. The molecular weight excluding hydrogens is 955 g/mol. The van der Waals surface area contributed by atoms with Crippen LogP contribution in [0.1, 0.15) is 55.0 Å². The number of aryl methyl sites for hydroxylation is 1. The molecule has 1 aliphatic heterocycles. The summed E-state index contributed by atoms with van der Waals surface area (Å²) >= 11 is 3.52. The number of carbonyl (C=O) groups is 2. The van der Waals surface area contributed by atoms with E-state index in [1.165, 1.54) is 0 Å². The summed E-state index contributed by atoms with van der Waals surface area (Å²) in [6.07, 6.45) is 12.2. The van der Waals surface area contributed by atoms with Gasteiger partial charge in [-0.1, -0.05) is 76.8 Å². The van der Waals surface area contributed by atoms with Crippen molar-refractivity contribution in [1.29, 1.82) is 0 Å². The van der Waals surface area contributed by atoms with E-state index in [2.05, 4.69) is 62.0 Å². The average Bonchev–Trinajstić information content (AvgIpc) is 3.84. The molecule has 0 bridgehead atoms. The zero-order chi connectivity index (χ0) is 49.6. The van der Waals surface area contributed by atoms with Gasteiger partial charge in [0.15, 0.2) is 0 Å². The van der Waals surface area contributed by atoms with Gasteiger partial charge in [0.05, 0.1) is 58.5 Å². The molecule has 1 fully saturated rings. The Morgan fingerprint density at radius 1 is 0.843 bits per heavy atom. The number of hydrogen-bond acceptors (Lipinski definition) is 12. The first kappa shape index (κ1) is 55.6. The van der Waals surface area contributed by atoms with Crippen LogP contribution >= 0.6 is 15.9 Å². The lowest BCUT2D eigenvalue weighted by Gasteiger charge is -2.35. The molecule has 5 rings (SSSR count). The lowest BCUT2D eigenvalue weighted by Crippen LogP contribution is -2.46. The monoisotopic (exact) mass is 1030 g/mol. The Kier molecular flexibility index (Phi) is 25.8. The molecule has 2 heterocycles. The van der Waals surface area contributed by atoms with Crippen LogP contribution in [0.25, 0.3) is 0 Å². The van der Waals surface area contributed by atoms with Crippen molar-refractivity contribution in [3.05, 3.63) is 137 Å². The number of aromatic nitrogens is 3. The molecule has 4 aromatic rings. The van der Waals surface area contributed by atoms with E-state index in [0.717, 1.165) is 82.8 Å². The fraction of sp³-hybridized carbons (Fsp3) is 0.481. The van der Waals surface area contributed by atoms with Crippen LogP contribution in [0.5, 0.6) is 11.5 Å². The second kappa shape index (κ2) is 32.5. The van der Waals surface area contributed by atoms with Crippen molar-refractivity contribution in [2.24, 2.45) is 5.92 Å². The molecule has 1 saturated heterocycles. The summed E-state index contributed by atoms with van der Waals surface area (Å²) in [5, 5.41) is 14.6. The summed E-state index contributed by atoms with van der Waals surface area (Å²) in [4.78, 5) is 32.3. The molecule has 380 valence electrons. The van der Waals surface area contributed by atoms with Crippen molar-refractivity contribution in [2.45, 2.75) is 57.5 Å². The van der Waals surface area contributed by atoms with E-state index in [-0.39, 0.29) is 30.7 Å². The van der Waals surface area contributed by atoms with E-state index in [4.69, 9.17) is 28.4 Å². The highest BCUT2D eigenvalue weighted by Gasteiger charge is 2.33. The predicted octanol–water partition coefficient (Wildman–Crippen LogP) is 7.89. The van der Waals surface area contributed by atoms with Crippen molar-refractivity contribution in [3.8, 4) is 11.5 Å². The van der Waals surface area contributed by atoms with Gasteiger partial charge in [-0.3, -0.25) is 9.59 Å². The number of ether oxygens (including phenoxy) is 6. The summed E-state index contributed by atoms with van der Waals surface area (Å²) in [5.41, 5.74) is 4.54. The number of unbranched alkanes of at least 4 members (excludes halogenated alkanes) is 1. The Labute approximate surface area is 423 Å². The maximum Gasteiger partial charge on any atom is 0.247 e. The molecular formula is C54H74BrN7O8. The molecule has 0 aliphatic carbocycles. The molecule has 1 unspecified atom stereocenters. The van der Waals surface area contributed by atoms with E-state index < -0.39 is 6.04 Å². The van der Waals surface area contributed by atoms with Crippen LogP contribution < -0.4 is 20.1 Å². The number of amides is 2. The molecule has 0 spiro atoms. The predicted molar refractivity (Wildman–Crippen MR) is 278 cm³/mol. The lowest BCUT2D eigenvalue weighted by molar-refractivity contribution is -0.142. The van der Waals surface area contributed by atoms with Gasteiger partial charge >= 0.3 is 0 Å². The van der Waals surface area contributed by atoms with Gasteiger partial charge in [0.1, 0.15) is 24.1 Å². The minimum Gasteiger partial charge on any atom is -0.494 e. The number of benzene rings is 3. The summed E-state index contributed by atoms with van der Waals surface area (Å²) < 4.78 is 37.3. The third-order valence-corrected chi connectivity index (χ3v) is 12.4. The van der Waals surface area contributed by atoms with E-state index >= 15 is 0 Å². The Morgan fingerprint density at radius 2 is 1.53 bits per heavy atom. The number of halogens is 1. The maximum absolute atomic E-state index is 14.2. The largest absolute Gasteiger partial charge is 0.494 e. The zero-order valence-corrected chi connectivity index (χ0v) is 42.8. The van der Waals surface area contributed by atoms with Crippen molar-refractivity contribution >= 4 is 33.4 Å². The minimum atomic E-state index is -0.796. The Morgan fingerprint density at radius 3 is 2.24 bits per heavy atom. The van der Waals surface area contributed by atoms with Gasteiger partial charge in [0, 0.05) is 69.1 Å². The highest BCUT2D eigenvalue weighted by atomic mass is 79.9. The standard InChI is InChI=1S/C54H74BrN7O8/c1-5-9-43(6-2)40-57-54(64)53(46-13-15-47(55)16-14-46)62(41-45-24-31-65-32-25-45)52(63)23-12-44-10-19-50(20-11-44)69-30-8-7-27-60(4)28-34-67-37-36-66-33-26-49-42-61(59-58-49)29-35-68-38-39-70-51-21-17-48(56-3)18-22-51/h5-6,9-11,13-22,42,45,53,56H,1-2,7-8,12,23-41H2,3-4H3,(H,57,64)/b43-9+. The highest BCUT2D eigenvalue weighted by Crippen LogP contribution is 2.28. The van der Waals surface area contributed by atoms with Crippen molar-refractivity contribution < 1.29 is 38.0 Å². The summed E-state index contributed by atoms with van der Waals surface area (Å²) in [5.74, 6) is 1.54. The number of likely N-dealkylation sites (N-methyl/N-ethyl adjacent to an activating group) is 1. The molecule has 2 amide bonds. The quantitative estimate of drug-likeness (QED) is 0.0341. The molecule has 0 radical (unpaired) electrons. The number of nitrogens with one attached hydrogen (secondary N) is 2. The van der Waals surface area contributed by atoms with Gasteiger partial charge in [-0.25, -0.2) is 4.68 Å². The first-order valence-corrected chi connectivity index (χ1v) is 25.3. The van der Waals surface area contributed by atoms with E-state index in [1.54, 1.807) is 21.7 Å². The maximum atomic E-state index is 14.2. The number of allylic oxidation sites excluding steroid dienone is 2. The normalized spacial score (nSPS) is 13.5. The topological polar surface area (TPSA) is 151 Å². The third-order valence-electron chi connectivity index (χ3n) is 11.9. The van der Waals surface area contributed by atoms with Gasteiger partial charge in [0.2, 0.25) is 11.8 Å². The lowest BCUT2D eigenvalue weighted by atomic mass is 9.96. The van der Waals surface area contributed by atoms with Gasteiger partial charge < -0.3 is 48.9 Å². The molecule has 1 atom stereocenters. The van der Waals surface area contributed by atoms with Gasteiger partial charge in [0.25, 0.3) is 0 Å². The molecule has 70 heavy (non-hydrogen) atoms. The fourth-order valence-corrected chi connectivity index (χ4v) is 7.99. The Bertz CT molecular complexity index is 2150. The number of anilines is 1. The molecule has 15 nitrogen and oxygen atoms in total. The third kappa shape index (κ3) is 20.9. The van der Waals surface area contributed by atoms with Gasteiger partial charge in [-0.15, -0.1) is 5.10 Å². The Hall–Kier alpha value is -5.36. The SMILES string of the molecule is C=C/C=C(\C=C)CNC(=O)C(c1ccc(Br)cc1)N(CC1CCOCC1)C(=O)CCc1ccc(OCCCCN(C)CCOCCOCCc2cn(CCOCCOc3ccc(NC)cc3)nn2)cc1. The summed E-state index contributed by atoms with van der Waals surface area (Å²) in [7, 11) is 3.99. The van der Waals surface area contributed by atoms with Crippen LogP contribution in [0, 0.1) is 5.92 Å². The van der Waals surface area contributed by atoms with E-state index in [0.29, 0.717) is 92.0 Å². The van der Waals surface area contributed by atoms with Crippen molar-refractivity contribution in [1.82, 2.24) is 30.1 Å². The Balaban J connectivity index is 0.917. The zero-order valence-electron chi connectivity index (χ0n) is 41.2. The number of rotatable bonds is 35. The van der Waals surface area contributed by atoms with E-state index in [9.17, 15) is 9.59 Å². The first-order chi connectivity index (χ1) is 34.2. The van der Waals surface area contributed by atoms with Crippen molar-refractivity contribution in [2.75, 3.05) is 112 Å². The summed E-state index contributed by atoms with van der Waals surface area (Å²) in [6.45, 7) is 16.5.